The highest BCUT2D eigenvalue weighted by molar-refractivity contribution is 5.93. The fraction of sp³-hybridized carbons (Fsp3) is 0.632. The molecule has 1 aliphatic carbocycles. The van der Waals surface area contributed by atoms with E-state index < -0.39 is 0 Å². The Morgan fingerprint density at radius 2 is 2.21 bits per heavy atom. The second kappa shape index (κ2) is 8.10. The van der Waals surface area contributed by atoms with E-state index in [1.807, 2.05) is 18.2 Å². The molecular weight excluding hydrogens is 304 g/mol. The SMILES string of the molecule is CCc1ccccc1NC(=O)CN1CCO[C@@H]2CC[C@H](OC)C[C@H]21. The van der Waals surface area contributed by atoms with E-state index in [9.17, 15) is 4.79 Å². The number of ether oxygens (including phenoxy) is 2. The highest BCUT2D eigenvalue weighted by Crippen LogP contribution is 2.30. The first kappa shape index (κ1) is 17.4. The predicted molar refractivity (Wildman–Crippen MR) is 94.2 cm³/mol. The zero-order valence-electron chi connectivity index (χ0n) is 14.7. The number of fused-ring (bicyclic) bond motifs is 1. The Labute approximate surface area is 144 Å². The number of hydrogen-bond donors (Lipinski definition) is 1. The van der Waals surface area contributed by atoms with Gasteiger partial charge in [-0.3, -0.25) is 9.69 Å². The van der Waals surface area contributed by atoms with Gasteiger partial charge in [-0.05, 0) is 37.3 Å². The van der Waals surface area contributed by atoms with Gasteiger partial charge in [0.05, 0.1) is 25.4 Å². The molecule has 2 fully saturated rings. The molecule has 0 bridgehead atoms. The number of amides is 1. The molecule has 0 unspecified atom stereocenters. The van der Waals surface area contributed by atoms with Crippen LogP contribution < -0.4 is 5.32 Å². The minimum Gasteiger partial charge on any atom is -0.381 e. The molecule has 0 aromatic heterocycles. The van der Waals surface area contributed by atoms with Crippen molar-refractivity contribution in [1.82, 2.24) is 4.90 Å². The van der Waals surface area contributed by atoms with Gasteiger partial charge in [-0.2, -0.15) is 0 Å². The topological polar surface area (TPSA) is 50.8 Å². The first-order valence-electron chi connectivity index (χ1n) is 8.97. The van der Waals surface area contributed by atoms with E-state index in [-0.39, 0.29) is 24.2 Å². The lowest BCUT2D eigenvalue weighted by Crippen LogP contribution is -2.56. The zero-order chi connectivity index (χ0) is 16.9. The van der Waals surface area contributed by atoms with Gasteiger partial charge in [0.1, 0.15) is 0 Å². The van der Waals surface area contributed by atoms with Crippen molar-refractivity contribution < 1.29 is 14.3 Å². The van der Waals surface area contributed by atoms with Crippen LogP contribution in [0.5, 0.6) is 0 Å². The maximum absolute atomic E-state index is 12.5. The van der Waals surface area contributed by atoms with E-state index in [0.717, 1.165) is 37.9 Å². The molecule has 5 heteroatoms. The van der Waals surface area contributed by atoms with Crippen LogP contribution in [0.15, 0.2) is 24.3 Å². The molecule has 132 valence electrons. The molecule has 1 saturated heterocycles. The van der Waals surface area contributed by atoms with E-state index in [1.54, 1.807) is 7.11 Å². The Kier molecular flexibility index (Phi) is 5.87. The average molecular weight is 332 g/mol. The van der Waals surface area contributed by atoms with E-state index >= 15 is 0 Å². The van der Waals surface area contributed by atoms with Crippen LogP contribution in [0.25, 0.3) is 0 Å². The second-order valence-electron chi connectivity index (χ2n) is 6.68. The van der Waals surface area contributed by atoms with Crippen molar-refractivity contribution in [3.63, 3.8) is 0 Å². The van der Waals surface area contributed by atoms with Crippen LogP contribution in [0.2, 0.25) is 0 Å². The van der Waals surface area contributed by atoms with Crippen LogP contribution in [-0.4, -0.2) is 55.9 Å². The van der Waals surface area contributed by atoms with E-state index in [2.05, 4.69) is 23.2 Å². The van der Waals surface area contributed by atoms with Gasteiger partial charge in [-0.25, -0.2) is 0 Å². The summed E-state index contributed by atoms with van der Waals surface area (Å²) in [5.74, 6) is 0.0519. The molecule has 24 heavy (non-hydrogen) atoms. The van der Waals surface area contributed by atoms with Crippen LogP contribution in [0.3, 0.4) is 0 Å². The molecule has 5 nitrogen and oxygen atoms in total. The molecule has 1 aromatic rings. The lowest BCUT2D eigenvalue weighted by molar-refractivity contribution is -0.130. The molecule has 1 aliphatic heterocycles. The molecule has 2 aliphatic rings. The normalized spacial score (nSPS) is 27.5. The fourth-order valence-electron chi connectivity index (χ4n) is 3.88. The summed E-state index contributed by atoms with van der Waals surface area (Å²) < 4.78 is 11.4. The highest BCUT2D eigenvalue weighted by Gasteiger charge is 2.38. The number of hydrogen-bond acceptors (Lipinski definition) is 4. The number of carbonyl (C=O) groups excluding carboxylic acids is 1. The molecule has 1 aromatic carbocycles. The average Bonchev–Trinajstić information content (AvgIpc) is 2.62. The fourth-order valence-corrected chi connectivity index (χ4v) is 3.88. The van der Waals surface area contributed by atoms with Crippen LogP contribution in [0, 0.1) is 0 Å². The lowest BCUT2D eigenvalue weighted by Gasteiger charge is -2.45. The molecule has 1 N–H and O–H groups in total. The number of morpholine rings is 1. The zero-order valence-corrected chi connectivity index (χ0v) is 14.7. The number of rotatable bonds is 5. The summed E-state index contributed by atoms with van der Waals surface area (Å²) in [6, 6.07) is 8.28. The largest absolute Gasteiger partial charge is 0.381 e. The summed E-state index contributed by atoms with van der Waals surface area (Å²) in [6.45, 7) is 4.03. The lowest BCUT2D eigenvalue weighted by atomic mass is 9.88. The van der Waals surface area contributed by atoms with Gasteiger partial charge >= 0.3 is 0 Å². The number of carbonyl (C=O) groups is 1. The standard InChI is InChI=1S/C19H28N2O3/c1-3-14-6-4-5-7-16(14)20-19(22)13-21-10-11-24-18-9-8-15(23-2)12-17(18)21/h4-7,15,17-18H,3,8-13H2,1-2H3,(H,20,22)/t15-,17+,18+/m0/s1. The Balaban J connectivity index is 1.62. The smallest absolute Gasteiger partial charge is 0.238 e. The number of benzene rings is 1. The maximum atomic E-state index is 12.5. The Hall–Kier alpha value is -1.43. The molecular formula is C19H28N2O3. The second-order valence-corrected chi connectivity index (χ2v) is 6.68. The van der Waals surface area contributed by atoms with Crippen LogP contribution in [0.1, 0.15) is 31.7 Å². The third-order valence-corrected chi connectivity index (χ3v) is 5.24. The number of methoxy groups -OCH3 is 1. The van der Waals surface area contributed by atoms with Crippen LogP contribution >= 0.6 is 0 Å². The van der Waals surface area contributed by atoms with Crippen molar-refractivity contribution in [1.29, 1.82) is 0 Å². The number of aryl methyl sites for hydroxylation is 1. The third kappa shape index (κ3) is 3.97. The van der Waals surface area contributed by atoms with E-state index in [0.29, 0.717) is 13.2 Å². The molecule has 0 spiro atoms. The summed E-state index contributed by atoms with van der Waals surface area (Å²) in [5, 5.41) is 3.08. The van der Waals surface area contributed by atoms with E-state index in [1.165, 1.54) is 5.56 Å². The Bertz CT molecular complexity index is 563. The summed E-state index contributed by atoms with van der Waals surface area (Å²) in [7, 11) is 1.77. The van der Waals surface area contributed by atoms with Gasteiger partial charge in [0.15, 0.2) is 0 Å². The monoisotopic (exact) mass is 332 g/mol. The van der Waals surface area contributed by atoms with Gasteiger partial charge in [-0.1, -0.05) is 25.1 Å². The van der Waals surface area contributed by atoms with Crippen LogP contribution in [-0.2, 0) is 20.7 Å². The van der Waals surface area contributed by atoms with Crippen LogP contribution in [0.4, 0.5) is 5.69 Å². The van der Waals surface area contributed by atoms with Crippen molar-refractivity contribution in [3.8, 4) is 0 Å². The van der Waals surface area contributed by atoms with Gasteiger partial charge in [0.25, 0.3) is 0 Å². The van der Waals surface area contributed by atoms with Gasteiger partial charge < -0.3 is 14.8 Å². The van der Waals surface area contributed by atoms with E-state index in [4.69, 9.17) is 9.47 Å². The number of anilines is 1. The van der Waals surface area contributed by atoms with Gasteiger partial charge in [-0.15, -0.1) is 0 Å². The van der Waals surface area contributed by atoms with Crippen molar-refractivity contribution in [2.45, 2.75) is 50.9 Å². The number of nitrogens with one attached hydrogen (secondary N) is 1. The van der Waals surface area contributed by atoms with Crippen molar-refractivity contribution >= 4 is 11.6 Å². The minimum atomic E-state index is 0.0519. The first-order chi connectivity index (χ1) is 11.7. The van der Waals surface area contributed by atoms with Crippen molar-refractivity contribution in [2.75, 3.05) is 32.1 Å². The first-order valence-corrected chi connectivity index (χ1v) is 8.97. The predicted octanol–water partition coefficient (Wildman–Crippen LogP) is 2.46. The Morgan fingerprint density at radius 1 is 1.38 bits per heavy atom. The molecule has 3 rings (SSSR count). The molecule has 1 heterocycles. The van der Waals surface area contributed by atoms with Crippen molar-refractivity contribution in [2.24, 2.45) is 0 Å². The third-order valence-electron chi connectivity index (χ3n) is 5.24. The highest BCUT2D eigenvalue weighted by atomic mass is 16.5. The summed E-state index contributed by atoms with van der Waals surface area (Å²) in [4.78, 5) is 14.8. The van der Waals surface area contributed by atoms with Gasteiger partial charge in [0, 0.05) is 25.4 Å². The van der Waals surface area contributed by atoms with Crippen molar-refractivity contribution in [3.05, 3.63) is 29.8 Å². The minimum absolute atomic E-state index is 0.0519. The number of para-hydroxylation sites is 1. The molecule has 3 atom stereocenters. The number of nitrogens with zero attached hydrogens (tertiary/aromatic N) is 1. The molecule has 0 radical (unpaired) electrons. The summed E-state index contributed by atoms with van der Waals surface area (Å²) >= 11 is 0. The van der Waals surface area contributed by atoms with Gasteiger partial charge in [0.2, 0.25) is 5.91 Å². The Morgan fingerprint density at radius 3 is 3.00 bits per heavy atom. The molecule has 1 saturated carbocycles. The summed E-state index contributed by atoms with van der Waals surface area (Å²) in [5.41, 5.74) is 2.09. The maximum Gasteiger partial charge on any atom is 0.238 e. The summed E-state index contributed by atoms with van der Waals surface area (Å²) in [6.07, 6.45) is 4.43. The quantitative estimate of drug-likeness (QED) is 0.900. The molecule has 1 amide bonds.